The van der Waals surface area contributed by atoms with E-state index < -0.39 is 0 Å². The van der Waals surface area contributed by atoms with Crippen LogP contribution >= 0.6 is 0 Å². The van der Waals surface area contributed by atoms with Crippen molar-refractivity contribution in [2.24, 2.45) is 5.10 Å². The zero-order valence-electron chi connectivity index (χ0n) is 13.8. The Hall–Kier alpha value is -1.71. The van der Waals surface area contributed by atoms with Crippen LogP contribution in [0.15, 0.2) is 29.6 Å². The van der Waals surface area contributed by atoms with Gasteiger partial charge < -0.3 is 0 Å². The monoisotopic (exact) mass is 303 g/mol. The van der Waals surface area contributed by atoms with Crippen molar-refractivity contribution in [3.63, 3.8) is 0 Å². The lowest BCUT2D eigenvalue weighted by molar-refractivity contribution is -0.121. The molecule has 1 heterocycles. The van der Waals surface area contributed by atoms with Crippen LogP contribution in [-0.2, 0) is 4.79 Å². The molecule has 0 aliphatic heterocycles. The fraction of sp³-hybridized carbons (Fsp3) is 0.611. The Morgan fingerprint density at radius 1 is 1.14 bits per heavy atom. The van der Waals surface area contributed by atoms with E-state index in [1.54, 1.807) is 18.6 Å². The lowest BCUT2D eigenvalue weighted by Gasteiger charge is -2.02. The molecule has 0 aliphatic rings. The van der Waals surface area contributed by atoms with Gasteiger partial charge in [0.2, 0.25) is 5.91 Å². The number of hydrazone groups is 1. The number of aromatic nitrogens is 1. The van der Waals surface area contributed by atoms with E-state index in [0.717, 1.165) is 18.4 Å². The van der Waals surface area contributed by atoms with Gasteiger partial charge in [0.25, 0.3) is 0 Å². The Morgan fingerprint density at radius 2 is 1.82 bits per heavy atom. The van der Waals surface area contributed by atoms with Gasteiger partial charge in [-0.3, -0.25) is 9.78 Å². The number of nitrogens with zero attached hydrogens (tertiary/aromatic N) is 2. The molecule has 1 N–H and O–H groups in total. The van der Waals surface area contributed by atoms with E-state index in [2.05, 4.69) is 22.4 Å². The van der Waals surface area contributed by atoms with Gasteiger partial charge in [-0.2, -0.15) is 5.10 Å². The zero-order valence-corrected chi connectivity index (χ0v) is 13.8. The summed E-state index contributed by atoms with van der Waals surface area (Å²) in [7, 11) is 0. The summed E-state index contributed by atoms with van der Waals surface area (Å²) < 4.78 is 0. The molecule has 22 heavy (non-hydrogen) atoms. The van der Waals surface area contributed by atoms with Crippen molar-refractivity contribution in [3.8, 4) is 0 Å². The molecule has 0 radical (unpaired) electrons. The minimum atomic E-state index is -0.0110. The maximum atomic E-state index is 11.6. The highest BCUT2D eigenvalue weighted by atomic mass is 16.2. The number of pyridine rings is 1. The van der Waals surface area contributed by atoms with E-state index in [1.165, 1.54) is 44.9 Å². The average molecular weight is 303 g/mol. The molecule has 122 valence electrons. The minimum Gasteiger partial charge on any atom is -0.273 e. The molecule has 0 aliphatic carbocycles. The SMILES string of the molecule is CCCCCCCCCCCC(=O)N/N=C/c1cccnc1. The maximum absolute atomic E-state index is 11.6. The van der Waals surface area contributed by atoms with Gasteiger partial charge in [-0.25, -0.2) is 5.43 Å². The summed E-state index contributed by atoms with van der Waals surface area (Å²) in [6.45, 7) is 2.24. The first kappa shape index (κ1) is 18.3. The van der Waals surface area contributed by atoms with Crippen LogP contribution in [0.3, 0.4) is 0 Å². The van der Waals surface area contributed by atoms with Crippen molar-refractivity contribution >= 4 is 12.1 Å². The van der Waals surface area contributed by atoms with E-state index in [4.69, 9.17) is 0 Å². The number of carbonyl (C=O) groups is 1. The number of nitrogens with one attached hydrogen (secondary N) is 1. The van der Waals surface area contributed by atoms with E-state index in [0.29, 0.717) is 6.42 Å². The topological polar surface area (TPSA) is 54.4 Å². The summed E-state index contributed by atoms with van der Waals surface area (Å²) >= 11 is 0. The first-order valence-electron chi connectivity index (χ1n) is 8.55. The zero-order chi connectivity index (χ0) is 15.9. The van der Waals surface area contributed by atoms with Crippen LogP contribution in [0.2, 0.25) is 0 Å². The number of hydrogen-bond acceptors (Lipinski definition) is 3. The van der Waals surface area contributed by atoms with E-state index in [1.807, 2.05) is 12.1 Å². The summed E-state index contributed by atoms with van der Waals surface area (Å²) in [6, 6.07) is 3.73. The van der Waals surface area contributed by atoms with Crippen LogP contribution in [0.25, 0.3) is 0 Å². The van der Waals surface area contributed by atoms with Crippen molar-refractivity contribution < 1.29 is 4.79 Å². The van der Waals surface area contributed by atoms with E-state index in [-0.39, 0.29) is 5.91 Å². The fourth-order valence-corrected chi connectivity index (χ4v) is 2.28. The highest BCUT2D eigenvalue weighted by Crippen LogP contribution is 2.10. The molecule has 0 spiro atoms. The second kappa shape index (κ2) is 13.0. The lowest BCUT2D eigenvalue weighted by atomic mass is 10.1. The summed E-state index contributed by atoms with van der Waals surface area (Å²) in [6.07, 6.45) is 16.9. The Morgan fingerprint density at radius 3 is 2.45 bits per heavy atom. The molecular weight excluding hydrogens is 274 g/mol. The smallest absolute Gasteiger partial charge is 0.240 e. The van der Waals surface area contributed by atoms with Crippen molar-refractivity contribution in [2.45, 2.75) is 71.1 Å². The summed E-state index contributed by atoms with van der Waals surface area (Å²) in [5.74, 6) is -0.0110. The van der Waals surface area contributed by atoms with Gasteiger partial charge in [-0.05, 0) is 12.5 Å². The number of rotatable bonds is 12. The highest BCUT2D eigenvalue weighted by molar-refractivity contribution is 5.81. The summed E-state index contributed by atoms with van der Waals surface area (Å²) in [5.41, 5.74) is 3.44. The third kappa shape index (κ3) is 10.1. The maximum Gasteiger partial charge on any atom is 0.240 e. The first-order valence-corrected chi connectivity index (χ1v) is 8.55. The Kier molecular flexibility index (Phi) is 10.8. The lowest BCUT2D eigenvalue weighted by Crippen LogP contribution is -2.16. The average Bonchev–Trinajstić information content (AvgIpc) is 2.54. The predicted molar refractivity (Wildman–Crippen MR) is 91.8 cm³/mol. The van der Waals surface area contributed by atoms with Gasteiger partial charge in [-0.15, -0.1) is 0 Å². The largest absolute Gasteiger partial charge is 0.273 e. The normalized spacial score (nSPS) is 11.0. The van der Waals surface area contributed by atoms with Crippen LogP contribution in [0, 0.1) is 0 Å². The molecule has 1 aromatic rings. The summed E-state index contributed by atoms with van der Waals surface area (Å²) in [5, 5.41) is 3.93. The van der Waals surface area contributed by atoms with Gasteiger partial charge in [0, 0.05) is 24.4 Å². The molecule has 1 aromatic heterocycles. The molecule has 0 saturated heterocycles. The molecule has 0 bridgehead atoms. The standard InChI is InChI=1S/C18H29N3O/c1-2-3-4-5-6-7-8-9-10-13-18(22)21-20-16-17-12-11-14-19-15-17/h11-12,14-16H,2-10,13H2,1H3,(H,21,22)/b20-16+. The van der Waals surface area contributed by atoms with E-state index >= 15 is 0 Å². The number of unbranched alkanes of at least 4 members (excludes halogenated alkanes) is 8. The van der Waals surface area contributed by atoms with Gasteiger partial charge in [-0.1, -0.05) is 64.4 Å². The third-order valence-electron chi connectivity index (χ3n) is 3.59. The Balaban J connectivity index is 1.94. The number of carbonyl (C=O) groups excluding carboxylic acids is 1. The van der Waals surface area contributed by atoms with Crippen molar-refractivity contribution in [1.82, 2.24) is 10.4 Å². The van der Waals surface area contributed by atoms with Gasteiger partial charge >= 0.3 is 0 Å². The second-order valence-corrected chi connectivity index (χ2v) is 5.66. The molecule has 4 heteroatoms. The molecule has 0 unspecified atom stereocenters. The Labute approximate surface area is 134 Å². The van der Waals surface area contributed by atoms with Gasteiger partial charge in [0.05, 0.1) is 6.21 Å². The summed E-state index contributed by atoms with van der Waals surface area (Å²) in [4.78, 5) is 15.6. The van der Waals surface area contributed by atoms with Crippen LogP contribution in [-0.4, -0.2) is 17.1 Å². The van der Waals surface area contributed by atoms with Gasteiger partial charge in [0.1, 0.15) is 0 Å². The van der Waals surface area contributed by atoms with Crippen LogP contribution in [0.4, 0.5) is 0 Å². The van der Waals surface area contributed by atoms with Crippen molar-refractivity contribution in [2.75, 3.05) is 0 Å². The predicted octanol–water partition coefficient (Wildman–Crippen LogP) is 4.45. The minimum absolute atomic E-state index is 0.0110. The molecule has 0 aromatic carbocycles. The third-order valence-corrected chi connectivity index (χ3v) is 3.59. The van der Waals surface area contributed by atoms with Crippen LogP contribution < -0.4 is 5.43 Å². The first-order chi connectivity index (χ1) is 10.8. The van der Waals surface area contributed by atoms with Crippen LogP contribution in [0.5, 0.6) is 0 Å². The van der Waals surface area contributed by atoms with Crippen molar-refractivity contribution in [1.29, 1.82) is 0 Å². The molecule has 0 saturated carbocycles. The molecular formula is C18H29N3O. The number of hydrogen-bond donors (Lipinski definition) is 1. The number of amides is 1. The fourth-order valence-electron chi connectivity index (χ4n) is 2.28. The Bertz CT molecular complexity index is 418. The molecule has 0 fully saturated rings. The molecule has 1 rings (SSSR count). The van der Waals surface area contributed by atoms with E-state index in [9.17, 15) is 4.79 Å². The van der Waals surface area contributed by atoms with Crippen molar-refractivity contribution in [3.05, 3.63) is 30.1 Å². The quantitative estimate of drug-likeness (QED) is 0.352. The molecule has 0 atom stereocenters. The van der Waals surface area contributed by atoms with Gasteiger partial charge in [0.15, 0.2) is 0 Å². The van der Waals surface area contributed by atoms with Crippen LogP contribution in [0.1, 0.15) is 76.7 Å². The second-order valence-electron chi connectivity index (χ2n) is 5.66. The molecule has 1 amide bonds. The molecule has 4 nitrogen and oxygen atoms in total. The highest BCUT2D eigenvalue weighted by Gasteiger charge is 1.99.